The molecule has 4 rings (SSSR count). The van der Waals surface area contributed by atoms with Crippen molar-refractivity contribution in [2.45, 2.75) is 128 Å². The molecule has 3 heteroatoms. The zero-order valence-corrected chi connectivity index (χ0v) is 23.2. The Kier molecular flexibility index (Phi) is 11.0. The maximum atomic E-state index is 2.79. The van der Waals surface area contributed by atoms with Gasteiger partial charge in [-0.1, -0.05) is 32.1 Å². The predicted molar refractivity (Wildman–Crippen MR) is 136 cm³/mol. The van der Waals surface area contributed by atoms with Gasteiger partial charge in [-0.2, -0.15) is 0 Å². The summed E-state index contributed by atoms with van der Waals surface area (Å²) in [5.74, 6) is 1.11. The smallest absolute Gasteiger partial charge is 0 e. The van der Waals surface area contributed by atoms with Gasteiger partial charge in [-0.15, -0.1) is 0 Å². The van der Waals surface area contributed by atoms with E-state index in [0.29, 0.717) is 0 Å². The predicted octanol–water partition coefficient (Wildman–Crippen LogP) is 8.93. The molecule has 174 valence electrons. The molecule has 2 heterocycles. The van der Waals surface area contributed by atoms with Crippen molar-refractivity contribution in [1.29, 1.82) is 0 Å². The van der Waals surface area contributed by atoms with Crippen LogP contribution in [0.15, 0.2) is 0 Å². The van der Waals surface area contributed by atoms with Crippen molar-refractivity contribution < 1.29 is 17.1 Å². The molecule has 29 heavy (non-hydrogen) atoms. The summed E-state index contributed by atoms with van der Waals surface area (Å²) in [5.41, 5.74) is 3.17. The molecular formula is C26H52FeP2. The molecule has 2 aliphatic heterocycles. The molecule has 0 radical (unpaired) electrons. The van der Waals surface area contributed by atoms with Gasteiger partial charge in [0.1, 0.15) is 0 Å². The van der Waals surface area contributed by atoms with E-state index in [0.717, 1.165) is 22.9 Å². The van der Waals surface area contributed by atoms with Crippen LogP contribution in [0.1, 0.15) is 111 Å². The molecule has 4 atom stereocenters. The Morgan fingerprint density at radius 3 is 1.45 bits per heavy atom. The first-order chi connectivity index (χ1) is 13.5. The molecule has 0 nitrogen and oxygen atoms in total. The first-order valence-corrected chi connectivity index (χ1v) is 18.2. The minimum absolute atomic E-state index is 0. The summed E-state index contributed by atoms with van der Waals surface area (Å²) in [7, 11) is 0.246. The molecule has 2 saturated heterocycles. The van der Waals surface area contributed by atoms with Crippen molar-refractivity contribution in [2.24, 2.45) is 5.92 Å². The molecule has 4 aliphatic rings. The van der Waals surface area contributed by atoms with Crippen LogP contribution < -0.4 is 0 Å². The zero-order chi connectivity index (χ0) is 20.1. The molecule has 4 fully saturated rings. The van der Waals surface area contributed by atoms with Gasteiger partial charge in [0.2, 0.25) is 0 Å². The van der Waals surface area contributed by atoms with Crippen LogP contribution in [0, 0.1) is 5.92 Å². The van der Waals surface area contributed by atoms with E-state index in [2.05, 4.69) is 27.4 Å². The van der Waals surface area contributed by atoms with Gasteiger partial charge >= 0.3 is 147 Å². The van der Waals surface area contributed by atoms with Gasteiger partial charge in [-0.05, 0) is 0 Å². The van der Waals surface area contributed by atoms with Crippen LogP contribution in [0.4, 0.5) is 0 Å². The third-order valence-corrected chi connectivity index (χ3v) is 22.0. The summed E-state index contributed by atoms with van der Waals surface area (Å²) in [6.07, 6.45) is 28.5. The van der Waals surface area contributed by atoms with Gasteiger partial charge < -0.3 is 0 Å². The van der Waals surface area contributed by atoms with E-state index in [1.54, 1.807) is 82.4 Å². The van der Waals surface area contributed by atoms with E-state index in [1.807, 2.05) is 0 Å². The Labute approximate surface area is 196 Å². The second-order valence-electron chi connectivity index (χ2n) is 11.5. The third kappa shape index (κ3) is 6.04. The van der Waals surface area contributed by atoms with E-state index < -0.39 is 6.60 Å². The third-order valence-electron chi connectivity index (χ3n) is 9.94. The SMILES string of the molecule is C1CCCC1.CC(C)P(C)C1CCCC1[C@@H](C)P12(CCCCC1)CCCCC2.[Fe]. The molecule has 0 amide bonds. The second kappa shape index (κ2) is 12.0. The van der Waals surface area contributed by atoms with E-state index in [-0.39, 0.29) is 25.0 Å². The Balaban J connectivity index is 0.000000437. The molecule has 0 aromatic heterocycles. The van der Waals surface area contributed by atoms with Crippen molar-refractivity contribution in [2.75, 3.05) is 31.3 Å². The number of hydrogen-bond acceptors (Lipinski definition) is 0. The van der Waals surface area contributed by atoms with Gasteiger partial charge in [0.15, 0.2) is 0 Å². The molecule has 1 spiro atoms. The van der Waals surface area contributed by atoms with Crippen molar-refractivity contribution >= 4 is 14.5 Å². The Hall–Kier alpha value is 1.38. The molecule has 2 aliphatic carbocycles. The molecule has 3 unspecified atom stereocenters. The Morgan fingerprint density at radius 2 is 1.03 bits per heavy atom. The van der Waals surface area contributed by atoms with E-state index >= 15 is 0 Å². The van der Waals surface area contributed by atoms with Crippen LogP contribution >= 0.6 is 14.5 Å². The molecular weight excluding hydrogens is 430 g/mol. The van der Waals surface area contributed by atoms with Crippen LogP contribution in [0.25, 0.3) is 0 Å². The molecule has 0 bridgehead atoms. The summed E-state index contributed by atoms with van der Waals surface area (Å²) in [6, 6.07) is 0. The van der Waals surface area contributed by atoms with Crippen LogP contribution in [-0.2, 0) is 17.1 Å². The molecule has 0 N–H and O–H groups in total. The van der Waals surface area contributed by atoms with Crippen LogP contribution in [0.5, 0.6) is 0 Å². The quantitative estimate of drug-likeness (QED) is 0.277. The van der Waals surface area contributed by atoms with Crippen molar-refractivity contribution in [3.05, 3.63) is 0 Å². The first-order valence-electron chi connectivity index (χ1n) is 13.2. The summed E-state index contributed by atoms with van der Waals surface area (Å²) in [6.45, 7) is 9.04. The Bertz CT molecular complexity index is 428. The van der Waals surface area contributed by atoms with Gasteiger partial charge in [-0.3, -0.25) is 0 Å². The number of hydrogen-bond donors (Lipinski definition) is 0. The van der Waals surface area contributed by atoms with Crippen molar-refractivity contribution in [1.82, 2.24) is 0 Å². The largest absolute Gasteiger partial charge is 0 e. The van der Waals surface area contributed by atoms with Crippen molar-refractivity contribution in [3.63, 3.8) is 0 Å². The topological polar surface area (TPSA) is 0 Å². The monoisotopic (exact) mass is 482 g/mol. The van der Waals surface area contributed by atoms with Gasteiger partial charge in [0, 0.05) is 17.1 Å². The molecule has 0 aromatic rings. The van der Waals surface area contributed by atoms with Gasteiger partial charge in [0.25, 0.3) is 0 Å². The second-order valence-corrected chi connectivity index (χ2v) is 21.3. The zero-order valence-electron chi connectivity index (χ0n) is 20.3. The standard InChI is InChI=1S/C21H42P2.C5H10.Fe/c1-18(2)22(4)21-13-11-12-20(21)19(3)23(14-7-5-8-15-23)16-9-6-10-17-23;1-2-4-5-3-1;/h18-21H,5-17H2,1-4H3;1-5H2;/t19-,20?,21?,22?;;/m1../s1. The summed E-state index contributed by atoms with van der Waals surface area (Å²) >= 11 is 0. The van der Waals surface area contributed by atoms with E-state index in [4.69, 9.17) is 0 Å². The fourth-order valence-electron chi connectivity index (χ4n) is 7.84. The maximum absolute atomic E-state index is 2.79. The fourth-order valence-corrected chi connectivity index (χ4v) is 19.1. The number of rotatable bonds is 4. The normalized spacial score (nSPS) is 34.3. The minimum Gasteiger partial charge on any atom is 0 e. The van der Waals surface area contributed by atoms with Crippen LogP contribution in [-0.4, -0.2) is 48.3 Å². The average Bonchev–Trinajstić information content (AvgIpc) is 3.43. The summed E-state index contributed by atoms with van der Waals surface area (Å²) in [4.78, 5) is 0. The molecule has 0 aromatic carbocycles. The van der Waals surface area contributed by atoms with Crippen LogP contribution in [0.2, 0.25) is 0 Å². The fraction of sp³-hybridized carbons (Fsp3) is 1.00. The summed E-state index contributed by atoms with van der Waals surface area (Å²) < 4.78 is 0. The van der Waals surface area contributed by atoms with Gasteiger partial charge in [-0.25, -0.2) is 0 Å². The minimum atomic E-state index is -1.39. The van der Waals surface area contributed by atoms with Crippen molar-refractivity contribution in [3.8, 4) is 0 Å². The molecule has 2 saturated carbocycles. The van der Waals surface area contributed by atoms with Gasteiger partial charge in [0.05, 0.1) is 0 Å². The van der Waals surface area contributed by atoms with Crippen LogP contribution in [0.3, 0.4) is 0 Å². The average molecular weight is 482 g/mol. The Morgan fingerprint density at radius 1 is 0.621 bits per heavy atom. The van der Waals surface area contributed by atoms with E-state index in [9.17, 15) is 0 Å². The van der Waals surface area contributed by atoms with E-state index in [1.165, 1.54) is 32.1 Å². The summed E-state index contributed by atoms with van der Waals surface area (Å²) in [5, 5.41) is 0. The first kappa shape index (κ1) is 26.6. The maximum Gasteiger partial charge on any atom is 0 e.